The highest BCUT2D eigenvalue weighted by Gasteiger charge is 2.11. The molecule has 0 saturated carbocycles. The highest BCUT2D eigenvalue weighted by atomic mass is 32.1. The lowest BCUT2D eigenvalue weighted by atomic mass is 10.1. The van der Waals surface area contributed by atoms with Crippen LogP contribution in [0.1, 0.15) is 26.5 Å². The molecule has 0 saturated heterocycles. The van der Waals surface area contributed by atoms with Crippen molar-refractivity contribution >= 4 is 29.4 Å². The summed E-state index contributed by atoms with van der Waals surface area (Å²) in [5.74, 6) is -0.554. The lowest BCUT2D eigenvalue weighted by molar-refractivity contribution is -0.120. The second kappa shape index (κ2) is 8.93. The largest absolute Gasteiger partial charge is 0.422 e. The molecule has 3 aromatic rings. The first-order valence-corrected chi connectivity index (χ1v) is 9.30. The fourth-order valence-electron chi connectivity index (χ4n) is 2.39. The van der Waals surface area contributed by atoms with Gasteiger partial charge in [0.2, 0.25) is 5.91 Å². The van der Waals surface area contributed by atoms with Crippen LogP contribution in [0.3, 0.4) is 0 Å². The third-order valence-corrected chi connectivity index (χ3v) is 4.66. The maximum Gasteiger partial charge on any atom is 0.353 e. The van der Waals surface area contributed by atoms with Crippen LogP contribution in [-0.4, -0.2) is 28.1 Å². The monoisotopic (exact) mass is 412 g/mol. The summed E-state index contributed by atoms with van der Waals surface area (Å²) in [6.45, 7) is 1.54. The van der Waals surface area contributed by atoms with Crippen LogP contribution in [0.4, 0.5) is 0 Å². The standard InChI is InChI=1S/C19H16N4O5S/c1-11-14(17(25)22-19(27)21-11)9-16(24)23-20-10-12-4-6-13(7-5-12)28-18(26)15-3-2-8-29-15/h2-8,10H,9H2,1H3,(H,23,24)(H2,21,22,25,27)/b20-10-. The first kappa shape index (κ1) is 20.0. The number of aryl methyl sites for hydroxylation is 1. The predicted octanol–water partition coefficient (Wildman–Crippen LogP) is 1.35. The maximum absolute atomic E-state index is 12.0. The van der Waals surface area contributed by atoms with Crippen molar-refractivity contribution in [2.24, 2.45) is 5.10 Å². The van der Waals surface area contributed by atoms with Gasteiger partial charge in [0.1, 0.15) is 10.6 Å². The molecule has 148 valence electrons. The Balaban J connectivity index is 1.55. The maximum atomic E-state index is 12.0. The van der Waals surface area contributed by atoms with E-state index in [0.29, 0.717) is 21.9 Å². The molecule has 0 bridgehead atoms. The molecule has 2 heterocycles. The molecule has 0 fully saturated rings. The lowest BCUT2D eigenvalue weighted by Crippen LogP contribution is -2.30. The van der Waals surface area contributed by atoms with Gasteiger partial charge in [0.25, 0.3) is 5.56 Å². The molecule has 9 nitrogen and oxygen atoms in total. The van der Waals surface area contributed by atoms with Gasteiger partial charge < -0.3 is 9.72 Å². The highest BCUT2D eigenvalue weighted by molar-refractivity contribution is 7.12. The predicted molar refractivity (Wildman–Crippen MR) is 108 cm³/mol. The molecular weight excluding hydrogens is 396 g/mol. The molecule has 0 unspecified atom stereocenters. The van der Waals surface area contributed by atoms with E-state index in [1.807, 2.05) is 0 Å². The number of nitrogens with one attached hydrogen (secondary N) is 3. The second-order valence-electron chi connectivity index (χ2n) is 5.92. The number of benzene rings is 1. The van der Waals surface area contributed by atoms with Crippen molar-refractivity contribution in [2.45, 2.75) is 13.3 Å². The minimum Gasteiger partial charge on any atom is -0.422 e. The summed E-state index contributed by atoms with van der Waals surface area (Å²) in [5, 5.41) is 5.62. The van der Waals surface area contributed by atoms with E-state index in [1.54, 1.807) is 41.8 Å². The van der Waals surface area contributed by atoms with Gasteiger partial charge in [0.15, 0.2) is 0 Å². The summed E-state index contributed by atoms with van der Waals surface area (Å²) in [5.41, 5.74) is 2.23. The fourth-order valence-corrected chi connectivity index (χ4v) is 2.99. The number of aromatic amines is 2. The summed E-state index contributed by atoms with van der Waals surface area (Å²) in [7, 11) is 0. The first-order valence-electron chi connectivity index (χ1n) is 8.42. The molecule has 2 aromatic heterocycles. The van der Waals surface area contributed by atoms with Crippen LogP contribution in [0, 0.1) is 6.92 Å². The number of amides is 1. The zero-order valence-electron chi connectivity index (χ0n) is 15.2. The number of hydrogen-bond donors (Lipinski definition) is 3. The highest BCUT2D eigenvalue weighted by Crippen LogP contribution is 2.16. The van der Waals surface area contributed by atoms with Gasteiger partial charge in [0.05, 0.1) is 12.6 Å². The molecule has 0 radical (unpaired) electrons. The number of hydrogen-bond acceptors (Lipinski definition) is 7. The van der Waals surface area contributed by atoms with Gasteiger partial charge in [-0.2, -0.15) is 5.10 Å². The van der Waals surface area contributed by atoms with E-state index < -0.39 is 23.1 Å². The number of hydrazone groups is 1. The van der Waals surface area contributed by atoms with E-state index in [-0.39, 0.29) is 12.0 Å². The van der Waals surface area contributed by atoms with Gasteiger partial charge in [-0.15, -0.1) is 11.3 Å². The Morgan fingerprint density at radius 1 is 1.17 bits per heavy atom. The third kappa shape index (κ3) is 5.36. The lowest BCUT2D eigenvalue weighted by Gasteiger charge is -2.03. The zero-order valence-corrected chi connectivity index (χ0v) is 16.0. The molecule has 1 aromatic carbocycles. The van der Waals surface area contributed by atoms with Crippen LogP contribution >= 0.6 is 11.3 Å². The van der Waals surface area contributed by atoms with E-state index in [0.717, 1.165) is 0 Å². The van der Waals surface area contributed by atoms with Gasteiger partial charge >= 0.3 is 11.7 Å². The molecule has 0 aliphatic rings. The van der Waals surface area contributed by atoms with Crippen molar-refractivity contribution in [3.05, 3.63) is 84.3 Å². The number of carbonyl (C=O) groups is 2. The number of aromatic nitrogens is 2. The summed E-state index contributed by atoms with van der Waals surface area (Å²) in [6.07, 6.45) is 1.18. The Hall–Kier alpha value is -3.79. The Bertz CT molecular complexity index is 1160. The summed E-state index contributed by atoms with van der Waals surface area (Å²) in [6, 6.07) is 10.0. The smallest absolute Gasteiger partial charge is 0.353 e. The first-order chi connectivity index (χ1) is 13.9. The number of rotatable bonds is 6. The van der Waals surface area contributed by atoms with Crippen LogP contribution in [0.2, 0.25) is 0 Å². The fraction of sp³-hybridized carbons (Fsp3) is 0.105. The Morgan fingerprint density at radius 3 is 2.59 bits per heavy atom. The molecule has 0 spiro atoms. The van der Waals surface area contributed by atoms with Crippen molar-refractivity contribution in [3.8, 4) is 5.75 Å². The van der Waals surface area contributed by atoms with Crippen molar-refractivity contribution < 1.29 is 14.3 Å². The van der Waals surface area contributed by atoms with Crippen molar-refractivity contribution in [1.82, 2.24) is 15.4 Å². The van der Waals surface area contributed by atoms with Gasteiger partial charge in [-0.3, -0.25) is 14.6 Å². The number of ether oxygens (including phenoxy) is 1. The van der Waals surface area contributed by atoms with Gasteiger partial charge in [0, 0.05) is 11.3 Å². The topological polar surface area (TPSA) is 133 Å². The van der Waals surface area contributed by atoms with E-state index in [9.17, 15) is 19.2 Å². The average Bonchev–Trinajstić information content (AvgIpc) is 3.21. The van der Waals surface area contributed by atoms with E-state index >= 15 is 0 Å². The van der Waals surface area contributed by atoms with E-state index in [2.05, 4.69) is 20.5 Å². The van der Waals surface area contributed by atoms with Crippen LogP contribution in [0.15, 0.2) is 56.5 Å². The molecule has 3 N–H and O–H groups in total. The summed E-state index contributed by atoms with van der Waals surface area (Å²) >= 11 is 1.30. The van der Waals surface area contributed by atoms with Crippen molar-refractivity contribution in [3.63, 3.8) is 0 Å². The molecule has 0 aliphatic heterocycles. The number of H-pyrrole nitrogens is 2. The Morgan fingerprint density at radius 2 is 1.93 bits per heavy atom. The van der Waals surface area contributed by atoms with E-state index in [4.69, 9.17) is 4.74 Å². The van der Waals surface area contributed by atoms with Crippen molar-refractivity contribution in [1.29, 1.82) is 0 Å². The van der Waals surface area contributed by atoms with Crippen LogP contribution < -0.4 is 21.4 Å². The summed E-state index contributed by atoms with van der Waals surface area (Å²) in [4.78, 5) is 51.8. The number of carbonyl (C=O) groups excluding carboxylic acids is 2. The van der Waals surface area contributed by atoms with Gasteiger partial charge in [-0.1, -0.05) is 6.07 Å². The van der Waals surface area contributed by atoms with Crippen molar-refractivity contribution in [2.75, 3.05) is 0 Å². The van der Waals surface area contributed by atoms with Crippen LogP contribution in [-0.2, 0) is 11.2 Å². The molecule has 10 heteroatoms. The minimum atomic E-state index is -0.626. The van der Waals surface area contributed by atoms with Gasteiger partial charge in [-0.25, -0.2) is 15.0 Å². The molecule has 0 aliphatic carbocycles. The Kier molecular flexibility index (Phi) is 6.15. The molecule has 0 atom stereocenters. The second-order valence-corrected chi connectivity index (χ2v) is 6.87. The normalized spacial score (nSPS) is 10.8. The van der Waals surface area contributed by atoms with Crippen LogP contribution in [0.25, 0.3) is 0 Å². The molecule has 3 rings (SSSR count). The number of nitrogens with zero attached hydrogens (tertiary/aromatic N) is 1. The SMILES string of the molecule is Cc1[nH]c(=O)[nH]c(=O)c1CC(=O)N/N=C\c1ccc(OC(=O)c2cccs2)cc1. The third-order valence-electron chi connectivity index (χ3n) is 3.81. The number of thiophene rings is 1. The molecule has 1 amide bonds. The van der Waals surface area contributed by atoms with Gasteiger partial charge in [-0.05, 0) is 48.2 Å². The average molecular weight is 412 g/mol. The number of esters is 1. The Labute approximate surface area is 168 Å². The quantitative estimate of drug-likeness (QED) is 0.243. The summed E-state index contributed by atoms with van der Waals surface area (Å²) < 4.78 is 5.25. The molecular formula is C19H16N4O5S. The van der Waals surface area contributed by atoms with E-state index in [1.165, 1.54) is 24.5 Å². The minimum absolute atomic E-state index is 0.161. The van der Waals surface area contributed by atoms with Crippen LogP contribution in [0.5, 0.6) is 5.75 Å². The molecule has 29 heavy (non-hydrogen) atoms. The zero-order chi connectivity index (χ0) is 20.8.